The molecule has 0 spiro atoms. The van der Waals surface area contributed by atoms with Crippen LogP contribution in [-0.4, -0.2) is 61.2 Å². The molecule has 26 heavy (non-hydrogen) atoms. The lowest BCUT2D eigenvalue weighted by atomic mass is 10.3. The Morgan fingerprint density at radius 3 is 2.77 bits per heavy atom. The number of benzene rings is 1. The van der Waals surface area contributed by atoms with Gasteiger partial charge in [0.1, 0.15) is 0 Å². The highest BCUT2D eigenvalue weighted by Crippen LogP contribution is 2.15. The van der Waals surface area contributed by atoms with Crippen molar-refractivity contribution in [1.29, 1.82) is 0 Å². The van der Waals surface area contributed by atoms with Gasteiger partial charge < -0.3 is 15.0 Å². The second kappa shape index (κ2) is 7.88. The minimum absolute atomic E-state index is 0.129. The number of carbonyl (C=O) groups is 1. The zero-order valence-electron chi connectivity index (χ0n) is 14.5. The topological polar surface area (TPSA) is 93.5 Å². The molecule has 1 aliphatic rings. The van der Waals surface area contributed by atoms with Crippen molar-refractivity contribution in [1.82, 2.24) is 14.7 Å². The smallest absolute Gasteiger partial charge is 0.321 e. The van der Waals surface area contributed by atoms with Crippen LogP contribution < -0.4 is 5.32 Å². The first-order valence-electron chi connectivity index (χ1n) is 8.37. The van der Waals surface area contributed by atoms with Gasteiger partial charge in [0.2, 0.25) is 0 Å². The average Bonchev–Trinajstić information content (AvgIpc) is 2.98. The van der Waals surface area contributed by atoms with E-state index in [1.807, 2.05) is 12.3 Å². The summed E-state index contributed by atoms with van der Waals surface area (Å²) in [6, 6.07) is 7.76. The van der Waals surface area contributed by atoms with Gasteiger partial charge >= 0.3 is 6.03 Å². The van der Waals surface area contributed by atoms with E-state index < -0.39 is 9.84 Å². The molecule has 0 aliphatic carbocycles. The maximum atomic E-state index is 12.6. The summed E-state index contributed by atoms with van der Waals surface area (Å²) in [6.07, 6.45) is 5.35. The Morgan fingerprint density at radius 2 is 2.12 bits per heavy atom. The molecule has 0 unspecified atom stereocenters. The van der Waals surface area contributed by atoms with E-state index in [-0.39, 0.29) is 17.0 Å². The zero-order chi connectivity index (χ0) is 18.6. The van der Waals surface area contributed by atoms with Gasteiger partial charge in [0.15, 0.2) is 9.84 Å². The minimum Gasteiger partial charge on any atom is -0.374 e. The first kappa shape index (κ1) is 18.4. The monoisotopic (exact) mass is 378 g/mol. The second-order valence-corrected chi connectivity index (χ2v) is 8.26. The van der Waals surface area contributed by atoms with Crippen LogP contribution in [0.1, 0.15) is 6.42 Å². The zero-order valence-corrected chi connectivity index (χ0v) is 15.4. The van der Waals surface area contributed by atoms with E-state index in [0.29, 0.717) is 31.9 Å². The summed E-state index contributed by atoms with van der Waals surface area (Å²) >= 11 is 0. The van der Waals surface area contributed by atoms with Crippen LogP contribution in [0.25, 0.3) is 0 Å². The molecule has 1 saturated heterocycles. The van der Waals surface area contributed by atoms with Crippen LogP contribution in [0, 0.1) is 0 Å². The molecule has 3 rings (SSSR count). The highest BCUT2D eigenvalue weighted by Gasteiger charge is 2.23. The van der Waals surface area contributed by atoms with Crippen LogP contribution in [0.15, 0.2) is 47.6 Å². The highest BCUT2D eigenvalue weighted by molar-refractivity contribution is 7.90. The van der Waals surface area contributed by atoms with Crippen molar-refractivity contribution in [3.8, 4) is 0 Å². The number of carbonyl (C=O) groups excluding carboxylic acids is 1. The highest BCUT2D eigenvalue weighted by atomic mass is 32.2. The maximum Gasteiger partial charge on any atom is 0.321 e. The van der Waals surface area contributed by atoms with Gasteiger partial charge in [0.25, 0.3) is 0 Å². The maximum absolute atomic E-state index is 12.6. The number of ether oxygens (including phenoxy) is 1. The third-order valence-electron chi connectivity index (χ3n) is 4.12. The molecule has 1 N–H and O–H groups in total. The molecule has 1 fully saturated rings. The molecular formula is C17H22N4O4S. The van der Waals surface area contributed by atoms with Crippen molar-refractivity contribution in [3.05, 3.63) is 42.7 Å². The Morgan fingerprint density at radius 1 is 1.35 bits per heavy atom. The van der Waals surface area contributed by atoms with E-state index in [9.17, 15) is 13.2 Å². The van der Waals surface area contributed by atoms with E-state index in [2.05, 4.69) is 10.4 Å². The Balaban J connectivity index is 1.62. The minimum atomic E-state index is -3.25. The predicted octanol–water partition coefficient (Wildman–Crippen LogP) is 1.61. The first-order chi connectivity index (χ1) is 12.4. The lowest BCUT2D eigenvalue weighted by Gasteiger charge is -2.24. The standard InChI is InChI=1S/C17H22N4O4S/c1-26(23,24)16-6-4-14(5-7-16)19-17(22)20-9-3-11-25-15(12-20)13-21-10-2-8-18-21/h2,4-8,10,15H,3,9,11-13H2,1H3,(H,19,22)/t15-/m1/s1. The molecule has 0 radical (unpaired) electrons. The largest absolute Gasteiger partial charge is 0.374 e. The third-order valence-corrected chi connectivity index (χ3v) is 5.25. The van der Waals surface area contributed by atoms with Gasteiger partial charge in [0, 0.05) is 37.5 Å². The molecule has 0 saturated carbocycles. The number of nitrogens with one attached hydrogen (secondary N) is 1. The van der Waals surface area contributed by atoms with Gasteiger partial charge in [-0.3, -0.25) is 4.68 Å². The summed E-state index contributed by atoms with van der Waals surface area (Å²) in [5, 5.41) is 6.99. The summed E-state index contributed by atoms with van der Waals surface area (Å²) in [6.45, 7) is 2.24. The average molecular weight is 378 g/mol. The van der Waals surface area contributed by atoms with Gasteiger partial charge in [-0.1, -0.05) is 0 Å². The van der Waals surface area contributed by atoms with Crippen LogP contribution in [0.3, 0.4) is 0 Å². The van der Waals surface area contributed by atoms with Crippen molar-refractivity contribution >= 4 is 21.6 Å². The van der Waals surface area contributed by atoms with Crippen molar-refractivity contribution in [2.24, 2.45) is 0 Å². The van der Waals surface area contributed by atoms with E-state index in [0.717, 1.165) is 12.7 Å². The van der Waals surface area contributed by atoms with E-state index in [1.165, 1.54) is 12.1 Å². The summed E-state index contributed by atoms with van der Waals surface area (Å²) in [7, 11) is -3.25. The molecule has 2 heterocycles. The molecule has 140 valence electrons. The van der Waals surface area contributed by atoms with E-state index in [1.54, 1.807) is 27.9 Å². The molecule has 1 aromatic carbocycles. The molecule has 0 bridgehead atoms. The fourth-order valence-electron chi connectivity index (χ4n) is 2.80. The van der Waals surface area contributed by atoms with E-state index >= 15 is 0 Å². The van der Waals surface area contributed by atoms with Crippen LogP contribution in [-0.2, 0) is 21.1 Å². The SMILES string of the molecule is CS(=O)(=O)c1ccc(NC(=O)N2CCCO[C@@H](Cn3cccn3)C2)cc1. The Bertz CT molecular complexity index is 834. The molecule has 1 atom stereocenters. The number of sulfone groups is 1. The Kier molecular flexibility index (Phi) is 5.58. The third kappa shape index (κ3) is 4.83. The number of hydrogen-bond acceptors (Lipinski definition) is 5. The predicted molar refractivity (Wildman–Crippen MR) is 96.7 cm³/mol. The molecule has 8 nitrogen and oxygen atoms in total. The molecular weight excluding hydrogens is 356 g/mol. The number of rotatable bonds is 4. The van der Waals surface area contributed by atoms with Gasteiger partial charge in [0.05, 0.1) is 24.1 Å². The van der Waals surface area contributed by atoms with Gasteiger partial charge in [-0.2, -0.15) is 5.10 Å². The number of hydrogen-bond donors (Lipinski definition) is 1. The van der Waals surface area contributed by atoms with Crippen LogP contribution in [0.4, 0.5) is 10.5 Å². The summed E-state index contributed by atoms with van der Waals surface area (Å²) in [4.78, 5) is 14.5. The molecule has 9 heteroatoms. The number of aromatic nitrogens is 2. The van der Waals surface area contributed by atoms with Gasteiger partial charge in [-0.05, 0) is 36.8 Å². The summed E-state index contributed by atoms with van der Waals surface area (Å²) in [5.41, 5.74) is 0.552. The van der Waals surface area contributed by atoms with Gasteiger partial charge in [-0.15, -0.1) is 0 Å². The lowest BCUT2D eigenvalue weighted by molar-refractivity contribution is 0.0442. The van der Waals surface area contributed by atoms with Crippen LogP contribution in [0.5, 0.6) is 0 Å². The van der Waals surface area contributed by atoms with Crippen molar-refractivity contribution in [2.75, 3.05) is 31.3 Å². The quantitative estimate of drug-likeness (QED) is 0.872. The second-order valence-electron chi connectivity index (χ2n) is 6.25. The first-order valence-corrected chi connectivity index (χ1v) is 10.3. The van der Waals surface area contributed by atoms with Crippen molar-refractivity contribution in [3.63, 3.8) is 0 Å². The number of urea groups is 1. The molecule has 1 aromatic heterocycles. The summed E-state index contributed by atoms with van der Waals surface area (Å²) in [5.74, 6) is 0. The van der Waals surface area contributed by atoms with Gasteiger partial charge in [-0.25, -0.2) is 13.2 Å². The lowest BCUT2D eigenvalue weighted by Crippen LogP contribution is -2.41. The molecule has 1 aliphatic heterocycles. The van der Waals surface area contributed by atoms with Crippen LogP contribution in [0.2, 0.25) is 0 Å². The number of amides is 2. The molecule has 2 aromatic rings. The normalized spacial score (nSPS) is 18.3. The van der Waals surface area contributed by atoms with E-state index in [4.69, 9.17) is 4.74 Å². The number of nitrogens with zero attached hydrogens (tertiary/aromatic N) is 3. The van der Waals surface area contributed by atoms with Crippen LogP contribution >= 0.6 is 0 Å². The summed E-state index contributed by atoms with van der Waals surface area (Å²) < 4.78 is 30.6. The fourth-order valence-corrected chi connectivity index (χ4v) is 3.43. The fraction of sp³-hybridized carbons (Fsp3) is 0.412. The molecule has 2 amide bonds. The van der Waals surface area contributed by atoms with Crippen molar-refractivity contribution in [2.45, 2.75) is 24.0 Å². The Hall–Kier alpha value is -2.39. The number of anilines is 1. The Labute approximate surface area is 152 Å². The van der Waals surface area contributed by atoms with Crippen molar-refractivity contribution < 1.29 is 17.9 Å².